The molecule has 2 aromatic rings. The molecular weight excluding hydrogens is 338 g/mol. The van der Waals surface area contributed by atoms with E-state index < -0.39 is 5.97 Å². The minimum absolute atomic E-state index is 0.0198. The monoisotopic (exact) mass is 349 g/mol. The van der Waals surface area contributed by atoms with Crippen LogP contribution in [-0.2, 0) is 11.2 Å². The number of phenols is 1. The van der Waals surface area contributed by atoms with Crippen molar-refractivity contribution in [1.29, 1.82) is 0 Å². The Kier molecular flexibility index (Phi) is 4.59. The Morgan fingerprint density at radius 1 is 1.10 bits per heavy atom. The fourth-order valence-corrected chi connectivity index (χ4v) is 2.18. The van der Waals surface area contributed by atoms with Crippen LogP contribution in [0, 0.1) is 0 Å². The summed E-state index contributed by atoms with van der Waals surface area (Å²) < 4.78 is 0.772. The molecule has 3 N–H and O–H groups in total. The van der Waals surface area contributed by atoms with Crippen molar-refractivity contribution in [2.45, 2.75) is 6.42 Å². The molecule has 6 heteroatoms. The van der Waals surface area contributed by atoms with Gasteiger partial charge in [0.25, 0.3) is 0 Å². The van der Waals surface area contributed by atoms with E-state index in [-0.39, 0.29) is 23.6 Å². The van der Waals surface area contributed by atoms with Crippen LogP contribution in [-0.4, -0.2) is 22.1 Å². The summed E-state index contributed by atoms with van der Waals surface area (Å²) in [5, 5.41) is 21.1. The number of carboxylic acids is 1. The van der Waals surface area contributed by atoms with Gasteiger partial charge < -0.3 is 15.5 Å². The molecule has 0 atom stereocenters. The molecule has 0 aromatic heterocycles. The Labute approximate surface area is 129 Å². The molecule has 0 aliphatic carbocycles. The summed E-state index contributed by atoms with van der Waals surface area (Å²) in [4.78, 5) is 22.6. The third-order valence-electron chi connectivity index (χ3n) is 2.81. The smallest absolute Gasteiger partial charge is 0.335 e. The van der Waals surface area contributed by atoms with E-state index in [1.54, 1.807) is 12.1 Å². The van der Waals surface area contributed by atoms with Gasteiger partial charge in [0.1, 0.15) is 5.75 Å². The summed E-state index contributed by atoms with van der Waals surface area (Å²) in [7, 11) is 0. The average molecular weight is 350 g/mol. The van der Waals surface area contributed by atoms with Gasteiger partial charge in [0, 0.05) is 15.7 Å². The molecule has 2 rings (SSSR count). The number of hydrogen-bond donors (Lipinski definition) is 3. The van der Waals surface area contributed by atoms with E-state index in [1.165, 1.54) is 30.3 Å². The lowest BCUT2D eigenvalue weighted by molar-refractivity contribution is -0.115. The number of carbonyl (C=O) groups is 2. The zero-order chi connectivity index (χ0) is 15.4. The molecule has 0 saturated carbocycles. The topological polar surface area (TPSA) is 86.6 Å². The van der Waals surface area contributed by atoms with E-state index in [0.717, 1.165) is 4.47 Å². The number of halogens is 1. The summed E-state index contributed by atoms with van der Waals surface area (Å²) >= 11 is 3.28. The van der Waals surface area contributed by atoms with Gasteiger partial charge in [-0.2, -0.15) is 0 Å². The highest BCUT2D eigenvalue weighted by molar-refractivity contribution is 9.10. The molecule has 0 aliphatic heterocycles. The van der Waals surface area contributed by atoms with Gasteiger partial charge in [0.05, 0.1) is 12.0 Å². The molecule has 0 bridgehead atoms. The summed E-state index contributed by atoms with van der Waals surface area (Å²) in [6, 6.07) is 10.7. The molecule has 0 fully saturated rings. The molecule has 5 nitrogen and oxygen atoms in total. The van der Waals surface area contributed by atoms with Crippen molar-refractivity contribution in [2.75, 3.05) is 5.32 Å². The predicted octanol–water partition coefficient (Wildman–Crippen LogP) is 3.03. The highest BCUT2D eigenvalue weighted by Gasteiger charge is 2.09. The number of benzene rings is 2. The molecule has 0 aliphatic rings. The van der Waals surface area contributed by atoms with Crippen LogP contribution in [0.25, 0.3) is 0 Å². The lowest BCUT2D eigenvalue weighted by Crippen LogP contribution is -2.14. The first-order chi connectivity index (χ1) is 9.95. The normalized spacial score (nSPS) is 10.1. The number of hydrogen-bond acceptors (Lipinski definition) is 3. The maximum absolute atomic E-state index is 11.9. The quantitative estimate of drug-likeness (QED) is 0.791. The number of carboxylic acid groups (broad SMARTS) is 1. The van der Waals surface area contributed by atoms with E-state index in [0.29, 0.717) is 11.3 Å². The second-order valence-electron chi connectivity index (χ2n) is 4.38. The highest BCUT2D eigenvalue weighted by Crippen LogP contribution is 2.22. The van der Waals surface area contributed by atoms with Gasteiger partial charge in [-0.1, -0.05) is 15.9 Å². The lowest BCUT2D eigenvalue weighted by atomic mass is 10.1. The van der Waals surface area contributed by atoms with Crippen molar-refractivity contribution >= 4 is 33.5 Å². The number of phenolic OH excluding ortho intramolecular Hbond substituents is 1. The number of rotatable bonds is 4. The zero-order valence-electron chi connectivity index (χ0n) is 10.8. The van der Waals surface area contributed by atoms with Gasteiger partial charge in [-0.25, -0.2) is 4.79 Å². The van der Waals surface area contributed by atoms with Crippen molar-refractivity contribution in [3.05, 3.63) is 58.1 Å². The summed E-state index contributed by atoms with van der Waals surface area (Å²) in [5.41, 5.74) is 1.15. The van der Waals surface area contributed by atoms with Crippen LogP contribution in [0.3, 0.4) is 0 Å². The van der Waals surface area contributed by atoms with Gasteiger partial charge in [-0.3, -0.25) is 4.79 Å². The van der Waals surface area contributed by atoms with E-state index in [9.17, 15) is 14.7 Å². The van der Waals surface area contributed by atoms with Gasteiger partial charge in [-0.05, 0) is 42.5 Å². The van der Waals surface area contributed by atoms with Crippen molar-refractivity contribution in [3.8, 4) is 5.75 Å². The first-order valence-corrected chi connectivity index (χ1v) is 6.85. The maximum Gasteiger partial charge on any atom is 0.335 e. The Morgan fingerprint density at radius 2 is 1.76 bits per heavy atom. The van der Waals surface area contributed by atoms with Crippen LogP contribution in [0.1, 0.15) is 15.9 Å². The summed E-state index contributed by atoms with van der Waals surface area (Å²) in [5.74, 6) is -1.27. The predicted molar refractivity (Wildman–Crippen MR) is 81.5 cm³/mol. The SMILES string of the molecule is O=C(Cc1cc(Br)ccc1O)Nc1ccc(C(=O)O)cc1. The molecule has 108 valence electrons. The number of aromatic hydroxyl groups is 1. The number of aromatic carboxylic acids is 1. The molecule has 1 amide bonds. The Balaban J connectivity index is 2.04. The fourth-order valence-electron chi connectivity index (χ4n) is 1.77. The second-order valence-corrected chi connectivity index (χ2v) is 5.30. The van der Waals surface area contributed by atoms with E-state index >= 15 is 0 Å². The molecule has 0 saturated heterocycles. The largest absolute Gasteiger partial charge is 0.508 e. The number of nitrogens with one attached hydrogen (secondary N) is 1. The average Bonchev–Trinajstić information content (AvgIpc) is 2.43. The van der Waals surface area contributed by atoms with Crippen LogP contribution < -0.4 is 5.32 Å². The minimum Gasteiger partial charge on any atom is -0.508 e. The summed E-state index contributed by atoms with van der Waals surface area (Å²) in [6.07, 6.45) is 0.0198. The number of carbonyl (C=O) groups excluding carboxylic acids is 1. The first-order valence-electron chi connectivity index (χ1n) is 6.06. The Morgan fingerprint density at radius 3 is 2.38 bits per heavy atom. The third-order valence-corrected chi connectivity index (χ3v) is 3.30. The van der Waals surface area contributed by atoms with Crippen molar-refractivity contribution in [3.63, 3.8) is 0 Å². The van der Waals surface area contributed by atoms with E-state index in [2.05, 4.69) is 21.2 Å². The highest BCUT2D eigenvalue weighted by atomic mass is 79.9. The van der Waals surface area contributed by atoms with Crippen LogP contribution in [0.15, 0.2) is 46.9 Å². The second kappa shape index (κ2) is 6.41. The molecule has 0 unspecified atom stereocenters. The van der Waals surface area contributed by atoms with Crippen LogP contribution in [0.4, 0.5) is 5.69 Å². The Bertz CT molecular complexity index is 683. The third kappa shape index (κ3) is 4.06. The standard InChI is InChI=1S/C15H12BrNO4/c16-11-3-6-13(18)10(7-11)8-14(19)17-12-4-1-9(2-5-12)15(20)21/h1-7,18H,8H2,(H,17,19)(H,20,21). The fraction of sp³-hybridized carbons (Fsp3) is 0.0667. The molecule has 0 spiro atoms. The molecular formula is C15H12BrNO4. The van der Waals surface area contributed by atoms with Gasteiger partial charge in [-0.15, -0.1) is 0 Å². The van der Waals surface area contributed by atoms with E-state index in [4.69, 9.17) is 5.11 Å². The molecule has 2 aromatic carbocycles. The van der Waals surface area contributed by atoms with Crippen molar-refractivity contribution in [2.24, 2.45) is 0 Å². The molecule has 0 radical (unpaired) electrons. The maximum atomic E-state index is 11.9. The summed E-state index contributed by atoms with van der Waals surface area (Å²) in [6.45, 7) is 0. The van der Waals surface area contributed by atoms with Gasteiger partial charge in [0.2, 0.25) is 5.91 Å². The van der Waals surface area contributed by atoms with Crippen molar-refractivity contribution < 1.29 is 19.8 Å². The van der Waals surface area contributed by atoms with E-state index in [1.807, 2.05) is 0 Å². The van der Waals surface area contributed by atoms with Crippen molar-refractivity contribution in [1.82, 2.24) is 0 Å². The first kappa shape index (κ1) is 15.1. The Hall–Kier alpha value is -2.34. The zero-order valence-corrected chi connectivity index (χ0v) is 12.4. The van der Waals surface area contributed by atoms with Gasteiger partial charge >= 0.3 is 5.97 Å². The number of anilines is 1. The minimum atomic E-state index is -1.02. The lowest BCUT2D eigenvalue weighted by Gasteiger charge is -2.07. The number of amides is 1. The van der Waals surface area contributed by atoms with Crippen LogP contribution >= 0.6 is 15.9 Å². The van der Waals surface area contributed by atoms with Gasteiger partial charge in [0.15, 0.2) is 0 Å². The molecule has 0 heterocycles. The van der Waals surface area contributed by atoms with Crippen LogP contribution in [0.2, 0.25) is 0 Å². The molecule has 21 heavy (non-hydrogen) atoms. The van der Waals surface area contributed by atoms with Crippen LogP contribution in [0.5, 0.6) is 5.75 Å².